The average Bonchev–Trinajstić information content (AvgIpc) is 2.84. The van der Waals surface area contributed by atoms with E-state index in [4.69, 9.17) is 17.0 Å². The molecule has 1 aliphatic heterocycles. The van der Waals surface area contributed by atoms with Crippen molar-refractivity contribution < 1.29 is 9.13 Å². The van der Waals surface area contributed by atoms with Crippen LogP contribution in [0.15, 0.2) is 47.3 Å². The minimum atomic E-state index is -0.277. The fraction of sp³-hybridized carbons (Fsp3) is 0.407. The Morgan fingerprint density at radius 3 is 2.63 bits per heavy atom. The zero-order valence-corrected chi connectivity index (χ0v) is 21.2. The van der Waals surface area contributed by atoms with Crippen molar-refractivity contribution in [1.82, 2.24) is 20.1 Å². The van der Waals surface area contributed by atoms with Crippen molar-refractivity contribution in [2.75, 3.05) is 39.4 Å². The van der Waals surface area contributed by atoms with E-state index < -0.39 is 0 Å². The molecule has 1 fully saturated rings. The molecule has 0 bridgehead atoms. The summed E-state index contributed by atoms with van der Waals surface area (Å²) in [5, 5.41) is 4.95. The summed E-state index contributed by atoms with van der Waals surface area (Å²) < 4.78 is 18.9. The first-order chi connectivity index (χ1) is 16.9. The van der Waals surface area contributed by atoms with Crippen LogP contribution in [0.3, 0.4) is 0 Å². The Hall–Kier alpha value is -2.81. The largest absolute Gasteiger partial charge is 0.379 e. The van der Waals surface area contributed by atoms with Crippen molar-refractivity contribution in [3.8, 4) is 0 Å². The van der Waals surface area contributed by atoms with Crippen molar-refractivity contribution in [1.29, 1.82) is 0 Å². The summed E-state index contributed by atoms with van der Waals surface area (Å²) in [5.74, 6) is -0.277. The zero-order chi connectivity index (χ0) is 24.8. The molecule has 1 aliphatic rings. The van der Waals surface area contributed by atoms with E-state index in [1.54, 1.807) is 12.1 Å². The van der Waals surface area contributed by atoms with Crippen molar-refractivity contribution in [2.24, 2.45) is 0 Å². The van der Waals surface area contributed by atoms with Gasteiger partial charge in [-0.3, -0.25) is 9.69 Å². The highest BCUT2D eigenvalue weighted by Crippen LogP contribution is 2.19. The molecule has 186 valence electrons. The van der Waals surface area contributed by atoms with E-state index in [2.05, 4.69) is 27.3 Å². The van der Waals surface area contributed by atoms with Crippen molar-refractivity contribution in [3.05, 3.63) is 80.9 Å². The number of halogens is 1. The highest BCUT2D eigenvalue weighted by atomic mass is 32.1. The number of aromatic nitrogens is 1. The number of nitrogens with zero attached hydrogens (tertiary/aromatic N) is 2. The summed E-state index contributed by atoms with van der Waals surface area (Å²) in [7, 11) is 0. The van der Waals surface area contributed by atoms with E-state index in [0.717, 1.165) is 73.4 Å². The number of H-pyrrole nitrogens is 1. The van der Waals surface area contributed by atoms with Crippen molar-refractivity contribution >= 4 is 28.2 Å². The average molecular weight is 497 g/mol. The predicted octanol–water partition coefficient (Wildman–Crippen LogP) is 3.88. The SMILES string of the molecule is Cc1cc(C)c2[nH]c(=O)c(CN(Cc3ccc(F)cc3)C(=S)NCCCN3CCOCC3)cc2c1. The summed E-state index contributed by atoms with van der Waals surface area (Å²) in [5.41, 5.74) is 4.50. The first kappa shape index (κ1) is 25.3. The molecule has 0 unspecified atom stereocenters. The molecule has 4 rings (SSSR count). The lowest BCUT2D eigenvalue weighted by Gasteiger charge is -2.28. The zero-order valence-electron chi connectivity index (χ0n) is 20.4. The molecule has 0 aliphatic carbocycles. The molecule has 2 aromatic carbocycles. The molecule has 0 radical (unpaired) electrons. The second-order valence-electron chi connectivity index (χ2n) is 9.19. The lowest BCUT2D eigenvalue weighted by molar-refractivity contribution is 0.0376. The predicted molar refractivity (Wildman–Crippen MR) is 142 cm³/mol. The normalized spacial score (nSPS) is 14.3. The van der Waals surface area contributed by atoms with E-state index in [9.17, 15) is 9.18 Å². The Bertz CT molecular complexity index is 1220. The lowest BCUT2D eigenvalue weighted by Crippen LogP contribution is -2.42. The smallest absolute Gasteiger partial charge is 0.253 e. The number of aromatic amines is 1. The van der Waals surface area contributed by atoms with Gasteiger partial charge in [0.05, 0.1) is 25.3 Å². The molecule has 8 heteroatoms. The highest BCUT2D eigenvalue weighted by Gasteiger charge is 2.15. The molecular weight excluding hydrogens is 463 g/mol. The second kappa shape index (κ2) is 11.7. The van der Waals surface area contributed by atoms with Crippen LogP contribution in [0.25, 0.3) is 10.9 Å². The number of hydrogen-bond acceptors (Lipinski definition) is 4. The summed E-state index contributed by atoms with van der Waals surface area (Å²) in [6.07, 6.45) is 0.958. The van der Waals surface area contributed by atoms with E-state index in [0.29, 0.717) is 23.8 Å². The molecule has 0 atom stereocenters. The third-order valence-electron chi connectivity index (χ3n) is 6.34. The fourth-order valence-electron chi connectivity index (χ4n) is 4.50. The summed E-state index contributed by atoms with van der Waals surface area (Å²) >= 11 is 5.74. The minimum Gasteiger partial charge on any atom is -0.379 e. The molecule has 35 heavy (non-hydrogen) atoms. The first-order valence-electron chi connectivity index (χ1n) is 12.1. The minimum absolute atomic E-state index is 0.122. The van der Waals surface area contributed by atoms with Gasteiger partial charge < -0.3 is 19.9 Å². The Morgan fingerprint density at radius 1 is 1.14 bits per heavy atom. The van der Waals surface area contributed by atoms with Gasteiger partial charge in [0.15, 0.2) is 5.11 Å². The summed E-state index contributed by atoms with van der Waals surface area (Å²) in [4.78, 5) is 20.4. The van der Waals surface area contributed by atoms with Gasteiger partial charge in [-0.2, -0.15) is 0 Å². The number of fused-ring (bicyclic) bond motifs is 1. The fourth-order valence-corrected chi connectivity index (χ4v) is 4.73. The number of morpholine rings is 1. The van der Waals surface area contributed by atoms with Crippen LogP contribution >= 0.6 is 12.2 Å². The highest BCUT2D eigenvalue weighted by molar-refractivity contribution is 7.80. The topological polar surface area (TPSA) is 60.6 Å². The quantitative estimate of drug-likeness (QED) is 0.365. The van der Waals surface area contributed by atoms with Crippen LogP contribution in [0.2, 0.25) is 0 Å². The van der Waals surface area contributed by atoms with E-state index in [-0.39, 0.29) is 11.4 Å². The Labute approximate surface area is 211 Å². The standard InChI is InChI=1S/C27H33FN4O2S/c1-19-14-20(2)25-22(15-19)16-23(26(33)30-25)18-32(17-21-4-6-24(28)7-5-21)27(35)29-8-3-9-31-10-12-34-13-11-31/h4-7,14-16H,3,8-13,17-18H2,1-2H3,(H,29,35)(H,30,33). The van der Waals surface area contributed by atoms with Crippen LogP contribution in [0.4, 0.5) is 4.39 Å². The van der Waals surface area contributed by atoms with Gasteiger partial charge in [0.1, 0.15) is 5.82 Å². The third kappa shape index (κ3) is 6.87. The second-order valence-corrected chi connectivity index (χ2v) is 9.58. The molecule has 0 amide bonds. The number of hydrogen-bond donors (Lipinski definition) is 2. The maximum Gasteiger partial charge on any atom is 0.253 e. The molecule has 2 N–H and O–H groups in total. The molecular formula is C27H33FN4O2S. The van der Waals surface area contributed by atoms with Crippen LogP contribution in [0, 0.1) is 19.7 Å². The van der Waals surface area contributed by atoms with Crippen LogP contribution < -0.4 is 10.9 Å². The van der Waals surface area contributed by atoms with Crippen molar-refractivity contribution in [2.45, 2.75) is 33.4 Å². The molecule has 0 spiro atoms. The number of benzene rings is 2. The van der Waals surface area contributed by atoms with Gasteiger partial charge >= 0.3 is 0 Å². The summed E-state index contributed by atoms with van der Waals surface area (Å²) in [6, 6.07) is 12.5. The number of ether oxygens (including phenoxy) is 1. The maximum absolute atomic E-state index is 13.4. The number of thiocarbonyl (C=S) groups is 1. The van der Waals surface area contributed by atoms with E-state index in [1.807, 2.05) is 24.8 Å². The molecule has 0 saturated carbocycles. The van der Waals surface area contributed by atoms with Gasteiger partial charge in [-0.05, 0) is 79.8 Å². The Morgan fingerprint density at radius 2 is 1.89 bits per heavy atom. The lowest BCUT2D eigenvalue weighted by atomic mass is 10.1. The van der Waals surface area contributed by atoms with Crippen LogP contribution in [0.5, 0.6) is 0 Å². The summed E-state index contributed by atoms with van der Waals surface area (Å²) in [6.45, 7) is 10.1. The van der Waals surface area contributed by atoms with E-state index >= 15 is 0 Å². The van der Waals surface area contributed by atoms with Gasteiger partial charge in [0.25, 0.3) is 5.56 Å². The molecule has 1 aromatic heterocycles. The molecule has 2 heterocycles. The number of aryl methyl sites for hydroxylation is 2. The van der Waals surface area contributed by atoms with Gasteiger partial charge in [-0.15, -0.1) is 0 Å². The maximum atomic E-state index is 13.4. The first-order valence-corrected chi connectivity index (χ1v) is 12.5. The molecule has 1 saturated heterocycles. The van der Waals surface area contributed by atoms with Crippen LogP contribution in [-0.4, -0.2) is 59.3 Å². The van der Waals surface area contributed by atoms with Gasteiger partial charge in [0.2, 0.25) is 0 Å². The van der Waals surface area contributed by atoms with Crippen LogP contribution in [0.1, 0.15) is 28.7 Å². The van der Waals surface area contributed by atoms with Gasteiger partial charge in [-0.1, -0.05) is 23.8 Å². The van der Waals surface area contributed by atoms with Gasteiger partial charge in [0, 0.05) is 31.7 Å². The van der Waals surface area contributed by atoms with E-state index in [1.165, 1.54) is 12.1 Å². The Kier molecular flexibility index (Phi) is 8.49. The molecule has 6 nitrogen and oxygen atoms in total. The third-order valence-corrected chi connectivity index (χ3v) is 6.74. The number of pyridine rings is 1. The number of nitrogens with one attached hydrogen (secondary N) is 2. The van der Waals surface area contributed by atoms with Crippen LogP contribution in [-0.2, 0) is 17.8 Å². The number of rotatable bonds is 8. The van der Waals surface area contributed by atoms with Gasteiger partial charge in [-0.25, -0.2) is 4.39 Å². The monoisotopic (exact) mass is 496 g/mol. The Balaban J connectivity index is 1.48. The molecule has 3 aromatic rings. The van der Waals surface area contributed by atoms with Crippen molar-refractivity contribution in [3.63, 3.8) is 0 Å².